The second-order valence-electron chi connectivity index (χ2n) is 5.38. The molecule has 1 heterocycles. The maximum absolute atomic E-state index is 12.3. The van der Waals surface area contributed by atoms with Crippen LogP contribution in [0.3, 0.4) is 0 Å². The van der Waals surface area contributed by atoms with Crippen molar-refractivity contribution in [2.45, 2.75) is 18.1 Å². The molecule has 1 aliphatic rings. The Bertz CT molecular complexity index is 673. The number of thioether (sulfide) groups is 1. The average Bonchev–Trinajstić information content (AvgIpc) is 2.66. The number of aliphatic hydroxyl groups is 2. The quantitative estimate of drug-likeness (QED) is 0.402. The lowest BCUT2D eigenvalue weighted by atomic mass is 9.97. The first-order chi connectivity index (χ1) is 12.5. The molecular formula is C19H23NO5S. The highest BCUT2D eigenvalue weighted by atomic mass is 32.2. The molecule has 26 heavy (non-hydrogen) atoms. The Labute approximate surface area is 157 Å². The van der Waals surface area contributed by atoms with E-state index in [9.17, 15) is 14.7 Å². The third-order valence-electron chi connectivity index (χ3n) is 3.57. The number of rotatable bonds is 5. The molecule has 1 aromatic carbocycles. The Morgan fingerprint density at radius 3 is 2.42 bits per heavy atom. The highest BCUT2D eigenvalue weighted by Gasteiger charge is 2.48. The fourth-order valence-corrected chi connectivity index (χ4v) is 3.10. The molecule has 2 rings (SSSR count). The van der Waals surface area contributed by atoms with Crippen LogP contribution in [0.15, 0.2) is 37.4 Å². The summed E-state index contributed by atoms with van der Waals surface area (Å²) in [4.78, 5) is 24.2. The van der Waals surface area contributed by atoms with Crippen LogP contribution >= 0.6 is 11.8 Å². The van der Waals surface area contributed by atoms with Crippen molar-refractivity contribution in [1.29, 1.82) is 0 Å². The van der Waals surface area contributed by atoms with Gasteiger partial charge in [-0.1, -0.05) is 11.8 Å². The molecule has 1 saturated heterocycles. The summed E-state index contributed by atoms with van der Waals surface area (Å²) in [6.07, 6.45) is 0.389. The van der Waals surface area contributed by atoms with Crippen molar-refractivity contribution in [3.63, 3.8) is 0 Å². The highest BCUT2D eigenvalue weighted by Crippen LogP contribution is 2.33. The van der Waals surface area contributed by atoms with Crippen LogP contribution in [0.4, 0.5) is 0 Å². The standard InChI is InChI=1S/C17H19NO5S.C2H4/c1-23-16(21)14(17(22)10-24-11-17)18-15(20)13-7-5-12(6-8-13)4-2-3-9-19;1-2/h5-8,14,19,22H,3,9-11H2,1H3,(H,18,20);1-2H2. The van der Waals surface area contributed by atoms with Gasteiger partial charge in [-0.05, 0) is 24.3 Å². The maximum Gasteiger partial charge on any atom is 0.331 e. The number of carbonyl (C=O) groups is 2. The number of esters is 1. The molecular weight excluding hydrogens is 354 g/mol. The summed E-state index contributed by atoms with van der Waals surface area (Å²) in [5.74, 6) is 5.26. The van der Waals surface area contributed by atoms with Crippen molar-refractivity contribution in [2.24, 2.45) is 0 Å². The topological polar surface area (TPSA) is 95.9 Å². The minimum absolute atomic E-state index is 0.00357. The van der Waals surface area contributed by atoms with Gasteiger partial charge in [0.2, 0.25) is 0 Å². The van der Waals surface area contributed by atoms with Gasteiger partial charge in [-0.3, -0.25) is 4.79 Å². The molecule has 0 aliphatic carbocycles. The highest BCUT2D eigenvalue weighted by molar-refractivity contribution is 8.00. The van der Waals surface area contributed by atoms with Crippen LogP contribution in [0.2, 0.25) is 0 Å². The van der Waals surface area contributed by atoms with Gasteiger partial charge in [-0.2, -0.15) is 11.8 Å². The first-order valence-corrected chi connectivity index (χ1v) is 9.04. The monoisotopic (exact) mass is 377 g/mol. The minimum atomic E-state index is -1.27. The number of aliphatic hydroxyl groups excluding tert-OH is 1. The van der Waals surface area contributed by atoms with Crippen molar-refractivity contribution in [2.75, 3.05) is 25.2 Å². The van der Waals surface area contributed by atoms with Crippen LogP contribution in [0.1, 0.15) is 22.3 Å². The van der Waals surface area contributed by atoms with Gasteiger partial charge in [0.25, 0.3) is 5.91 Å². The Balaban J connectivity index is 0.00000163. The Kier molecular flexibility index (Phi) is 8.93. The van der Waals surface area contributed by atoms with Crippen molar-refractivity contribution in [1.82, 2.24) is 5.32 Å². The zero-order valence-corrected chi connectivity index (χ0v) is 15.5. The zero-order chi connectivity index (χ0) is 19.6. The van der Waals surface area contributed by atoms with Crippen molar-refractivity contribution < 1.29 is 24.5 Å². The summed E-state index contributed by atoms with van der Waals surface area (Å²) in [7, 11) is 1.22. The van der Waals surface area contributed by atoms with E-state index in [1.807, 2.05) is 0 Å². The van der Waals surface area contributed by atoms with Gasteiger partial charge in [0.15, 0.2) is 6.04 Å². The number of methoxy groups -OCH3 is 1. The SMILES string of the molecule is C=C.COC(=O)C(NC(=O)c1ccc(C#CCCO)cc1)C1(O)CSC1. The predicted molar refractivity (Wildman–Crippen MR) is 102 cm³/mol. The second-order valence-corrected chi connectivity index (χ2v) is 6.36. The molecule has 1 aromatic rings. The van der Waals surface area contributed by atoms with E-state index < -0.39 is 23.5 Å². The number of hydrogen-bond acceptors (Lipinski definition) is 6. The molecule has 0 aromatic heterocycles. The molecule has 0 saturated carbocycles. The average molecular weight is 377 g/mol. The Morgan fingerprint density at radius 1 is 1.35 bits per heavy atom. The van der Waals surface area contributed by atoms with E-state index in [0.717, 1.165) is 5.56 Å². The fraction of sp³-hybridized carbons (Fsp3) is 0.368. The molecule has 3 N–H and O–H groups in total. The minimum Gasteiger partial charge on any atom is -0.467 e. The number of amides is 1. The van der Waals surface area contributed by atoms with Crippen molar-refractivity contribution in [3.8, 4) is 11.8 Å². The van der Waals surface area contributed by atoms with E-state index >= 15 is 0 Å². The van der Waals surface area contributed by atoms with E-state index in [1.54, 1.807) is 24.3 Å². The first-order valence-electron chi connectivity index (χ1n) is 7.89. The number of benzene rings is 1. The van der Waals surface area contributed by atoms with E-state index in [4.69, 9.17) is 5.11 Å². The molecule has 0 spiro atoms. The van der Waals surface area contributed by atoms with Crippen LogP contribution < -0.4 is 5.32 Å². The molecule has 1 aliphatic heterocycles. The third-order valence-corrected chi connectivity index (χ3v) is 4.98. The molecule has 0 bridgehead atoms. The van der Waals surface area contributed by atoms with Crippen LogP contribution in [0.25, 0.3) is 0 Å². The van der Waals surface area contributed by atoms with Crippen LogP contribution in [-0.4, -0.2) is 59.0 Å². The molecule has 1 fully saturated rings. The smallest absolute Gasteiger partial charge is 0.331 e. The van der Waals surface area contributed by atoms with Gasteiger partial charge in [-0.25, -0.2) is 4.79 Å². The molecule has 7 heteroatoms. The summed E-state index contributed by atoms with van der Waals surface area (Å²) >= 11 is 1.49. The lowest BCUT2D eigenvalue weighted by Crippen LogP contribution is -2.64. The number of hydrogen-bond donors (Lipinski definition) is 3. The summed E-state index contributed by atoms with van der Waals surface area (Å²) in [5, 5.41) is 21.6. The molecule has 6 nitrogen and oxygen atoms in total. The first kappa shape index (κ1) is 21.8. The van der Waals surface area contributed by atoms with E-state index in [0.29, 0.717) is 23.5 Å². The Morgan fingerprint density at radius 2 is 1.96 bits per heavy atom. The largest absolute Gasteiger partial charge is 0.467 e. The molecule has 1 amide bonds. The normalized spacial score (nSPS) is 15.0. The predicted octanol–water partition coefficient (Wildman–Crippen LogP) is 0.972. The summed E-state index contributed by atoms with van der Waals surface area (Å²) in [5.41, 5.74) is -0.200. The third kappa shape index (κ3) is 5.63. The van der Waals surface area contributed by atoms with E-state index in [-0.39, 0.29) is 6.61 Å². The fourth-order valence-electron chi connectivity index (χ4n) is 2.15. The summed E-state index contributed by atoms with van der Waals surface area (Å²) in [6.45, 7) is 6.00. The lowest BCUT2D eigenvalue weighted by Gasteiger charge is -2.40. The molecule has 0 radical (unpaired) electrons. The summed E-state index contributed by atoms with van der Waals surface area (Å²) in [6, 6.07) is 5.44. The van der Waals surface area contributed by atoms with E-state index in [2.05, 4.69) is 35.1 Å². The molecule has 1 atom stereocenters. The van der Waals surface area contributed by atoms with Gasteiger partial charge in [0.1, 0.15) is 5.60 Å². The van der Waals surface area contributed by atoms with E-state index in [1.165, 1.54) is 18.9 Å². The number of carbonyl (C=O) groups excluding carboxylic acids is 2. The lowest BCUT2D eigenvalue weighted by molar-refractivity contribution is -0.148. The maximum atomic E-state index is 12.3. The molecule has 140 valence electrons. The molecule has 1 unspecified atom stereocenters. The van der Waals surface area contributed by atoms with Gasteiger partial charge < -0.3 is 20.3 Å². The number of ether oxygens (including phenoxy) is 1. The van der Waals surface area contributed by atoms with Crippen LogP contribution in [0.5, 0.6) is 0 Å². The van der Waals surface area contributed by atoms with Gasteiger partial charge >= 0.3 is 5.97 Å². The second kappa shape index (κ2) is 10.7. The van der Waals surface area contributed by atoms with Gasteiger partial charge in [0.05, 0.1) is 13.7 Å². The Hall–Kier alpha value is -2.27. The van der Waals surface area contributed by atoms with Crippen LogP contribution in [-0.2, 0) is 9.53 Å². The summed E-state index contributed by atoms with van der Waals surface area (Å²) < 4.78 is 4.68. The zero-order valence-electron chi connectivity index (χ0n) is 14.7. The van der Waals surface area contributed by atoms with Gasteiger partial charge in [0, 0.05) is 29.1 Å². The van der Waals surface area contributed by atoms with Crippen molar-refractivity contribution >= 4 is 23.6 Å². The number of nitrogens with one attached hydrogen (secondary N) is 1. The van der Waals surface area contributed by atoms with Gasteiger partial charge in [-0.15, -0.1) is 13.2 Å². The van der Waals surface area contributed by atoms with Crippen molar-refractivity contribution in [3.05, 3.63) is 48.6 Å². The van der Waals surface area contributed by atoms with Crippen LogP contribution in [0, 0.1) is 11.8 Å².